The van der Waals surface area contributed by atoms with Crippen LogP contribution in [0.25, 0.3) is 11.3 Å². The fraction of sp³-hybridized carbons (Fsp3) is 0.400. The number of rotatable bonds is 9. The third-order valence-electron chi connectivity index (χ3n) is 6.15. The molecule has 5 rings (SSSR count). The topological polar surface area (TPSA) is 82.6 Å². The molecule has 1 saturated heterocycles. The standard InChI is InChI=1S/C25H29FN4O3/c1-2-32-22-11-16-10-21-24(28-29-25(21)27-18-7-5-6-17(26)12-18)20(16)13-23(22)33-15-19(31)14-30-8-3-4-9-30/h5-7,11-13,19,31H,2-4,8-10,14-15H2,1H3,(H2,27,28,29). The molecule has 2 aliphatic rings. The third-order valence-corrected chi connectivity index (χ3v) is 6.15. The zero-order valence-corrected chi connectivity index (χ0v) is 18.7. The maximum absolute atomic E-state index is 13.6. The molecule has 8 heteroatoms. The van der Waals surface area contributed by atoms with E-state index in [1.54, 1.807) is 6.07 Å². The van der Waals surface area contributed by atoms with Gasteiger partial charge in [0.2, 0.25) is 0 Å². The number of ether oxygens (including phenoxy) is 2. The van der Waals surface area contributed by atoms with Crippen LogP contribution in [0.4, 0.5) is 15.9 Å². The molecule has 1 atom stereocenters. The van der Waals surface area contributed by atoms with E-state index < -0.39 is 6.10 Å². The van der Waals surface area contributed by atoms with Crippen LogP contribution in [0.5, 0.6) is 11.5 Å². The monoisotopic (exact) mass is 452 g/mol. The fourth-order valence-corrected chi connectivity index (χ4v) is 4.62. The third kappa shape index (κ3) is 4.67. The zero-order valence-electron chi connectivity index (χ0n) is 18.7. The van der Waals surface area contributed by atoms with Crippen molar-refractivity contribution in [3.63, 3.8) is 0 Å². The van der Waals surface area contributed by atoms with E-state index in [2.05, 4.69) is 20.4 Å². The van der Waals surface area contributed by atoms with E-state index >= 15 is 0 Å². The number of aromatic nitrogens is 2. The molecule has 1 aromatic heterocycles. The Morgan fingerprint density at radius 2 is 2.00 bits per heavy atom. The first-order chi connectivity index (χ1) is 16.1. The van der Waals surface area contributed by atoms with Crippen molar-refractivity contribution in [1.82, 2.24) is 15.1 Å². The first kappa shape index (κ1) is 21.7. The van der Waals surface area contributed by atoms with E-state index in [0.717, 1.165) is 41.3 Å². The van der Waals surface area contributed by atoms with Gasteiger partial charge in [-0.2, -0.15) is 5.10 Å². The van der Waals surface area contributed by atoms with E-state index in [4.69, 9.17) is 9.47 Å². The maximum Gasteiger partial charge on any atom is 0.162 e. The lowest BCUT2D eigenvalue weighted by atomic mass is 10.1. The van der Waals surface area contributed by atoms with Gasteiger partial charge in [-0.05, 0) is 68.8 Å². The zero-order chi connectivity index (χ0) is 22.8. The Bertz CT molecular complexity index is 1130. The van der Waals surface area contributed by atoms with Crippen LogP contribution in [-0.4, -0.2) is 59.2 Å². The summed E-state index contributed by atoms with van der Waals surface area (Å²) >= 11 is 0. The molecular weight excluding hydrogens is 423 g/mol. The number of hydrogen-bond donors (Lipinski definition) is 3. The highest BCUT2D eigenvalue weighted by Gasteiger charge is 2.28. The van der Waals surface area contributed by atoms with Gasteiger partial charge in [0.05, 0.1) is 12.3 Å². The average Bonchev–Trinajstić information content (AvgIpc) is 3.51. The first-order valence-corrected chi connectivity index (χ1v) is 11.5. The predicted molar refractivity (Wildman–Crippen MR) is 125 cm³/mol. The molecule has 0 saturated carbocycles. The normalized spacial score (nSPS) is 15.8. The quantitative estimate of drug-likeness (QED) is 0.355. The summed E-state index contributed by atoms with van der Waals surface area (Å²) in [7, 11) is 0. The second-order valence-electron chi connectivity index (χ2n) is 8.60. The van der Waals surface area contributed by atoms with Crippen molar-refractivity contribution in [3.05, 3.63) is 53.3 Å². The van der Waals surface area contributed by atoms with Crippen molar-refractivity contribution in [3.8, 4) is 22.8 Å². The van der Waals surface area contributed by atoms with Crippen LogP contribution in [0, 0.1) is 5.82 Å². The summed E-state index contributed by atoms with van der Waals surface area (Å²) in [5, 5.41) is 21.2. The molecule has 7 nitrogen and oxygen atoms in total. The number of H-pyrrole nitrogens is 1. The van der Waals surface area contributed by atoms with Gasteiger partial charge < -0.3 is 24.8 Å². The van der Waals surface area contributed by atoms with E-state index in [-0.39, 0.29) is 12.4 Å². The molecule has 1 fully saturated rings. The first-order valence-electron chi connectivity index (χ1n) is 11.5. The number of likely N-dealkylation sites (tertiary alicyclic amines) is 1. The van der Waals surface area contributed by atoms with Gasteiger partial charge in [-0.25, -0.2) is 4.39 Å². The number of aliphatic hydroxyl groups excluding tert-OH is 1. The molecule has 2 aromatic carbocycles. The Hall–Kier alpha value is -3.10. The molecule has 1 unspecified atom stereocenters. The molecule has 1 aliphatic heterocycles. The molecule has 1 aliphatic carbocycles. The minimum absolute atomic E-state index is 0.204. The molecule has 3 aromatic rings. The van der Waals surface area contributed by atoms with Crippen LogP contribution >= 0.6 is 0 Å². The van der Waals surface area contributed by atoms with E-state index in [0.29, 0.717) is 36.8 Å². The molecule has 33 heavy (non-hydrogen) atoms. The second kappa shape index (κ2) is 9.41. The minimum Gasteiger partial charge on any atom is -0.490 e. The lowest BCUT2D eigenvalue weighted by Crippen LogP contribution is -2.33. The summed E-state index contributed by atoms with van der Waals surface area (Å²) in [6, 6.07) is 10.3. The van der Waals surface area contributed by atoms with Crippen molar-refractivity contribution < 1.29 is 19.0 Å². The van der Waals surface area contributed by atoms with Gasteiger partial charge in [-0.15, -0.1) is 0 Å². The van der Waals surface area contributed by atoms with Gasteiger partial charge in [0, 0.05) is 29.8 Å². The predicted octanol–water partition coefficient (Wildman–Crippen LogP) is 4.10. The molecular formula is C25H29FN4O3. The molecule has 0 bridgehead atoms. The number of aromatic amines is 1. The summed E-state index contributed by atoms with van der Waals surface area (Å²) in [6.07, 6.45) is 2.49. The number of halogens is 1. The Morgan fingerprint density at radius 1 is 1.18 bits per heavy atom. The smallest absolute Gasteiger partial charge is 0.162 e. The second-order valence-corrected chi connectivity index (χ2v) is 8.60. The minimum atomic E-state index is -0.561. The van der Waals surface area contributed by atoms with Gasteiger partial charge in [0.15, 0.2) is 11.5 Å². The summed E-state index contributed by atoms with van der Waals surface area (Å²) < 4.78 is 25.4. The van der Waals surface area contributed by atoms with Gasteiger partial charge in [-0.3, -0.25) is 5.10 Å². The number of hydrogen-bond acceptors (Lipinski definition) is 6. The van der Waals surface area contributed by atoms with Crippen LogP contribution in [0.1, 0.15) is 30.9 Å². The molecule has 2 heterocycles. The molecule has 0 amide bonds. The largest absolute Gasteiger partial charge is 0.490 e. The van der Waals surface area contributed by atoms with Crippen LogP contribution in [0.15, 0.2) is 36.4 Å². The summed E-state index contributed by atoms with van der Waals surface area (Å²) in [5.41, 5.74) is 4.58. The van der Waals surface area contributed by atoms with Crippen LogP contribution in [0.2, 0.25) is 0 Å². The van der Waals surface area contributed by atoms with Crippen LogP contribution in [-0.2, 0) is 6.42 Å². The Morgan fingerprint density at radius 3 is 2.79 bits per heavy atom. The maximum atomic E-state index is 13.6. The molecule has 0 radical (unpaired) electrons. The number of anilines is 2. The number of nitrogens with zero attached hydrogens (tertiary/aromatic N) is 2. The average molecular weight is 453 g/mol. The van der Waals surface area contributed by atoms with Crippen LogP contribution < -0.4 is 14.8 Å². The molecule has 3 N–H and O–H groups in total. The fourth-order valence-electron chi connectivity index (χ4n) is 4.62. The summed E-state index contributed by atoms with van der Waals surface area (Å²) in [5.74, 6) is 1.72. The summed E-state index contributed by atoms with van der Waals surface area (Å²) in [6.45, 7) is 5.35. The number of aliphatic hydroxyl groups is 1. The molecule has 0 spiro atoms. The van der Waals surface area contributed by atoms with Gasteiger partial charge in [0.1, 0.15) is 24.3 Å². The number of benzene rings is 2. The SMILES string of the molecule is CCOc1cc2c(cc1OCC(O)CN1CCCC1)-c1n[nH]c(Nc3cccc(F)c3)c1C2. The van der Waals surface area contributed by atoms with E-state index in [1.807, 2.05) is 25.1 Å². The number of fused-ring (bicyclic) bond motifs is 3. The Balaban J connectivity index is 1.35. The summed E-state index contributed by atoms with van der Waals surface area (Å²) in [4.78, 5) is 2.27. The number of nitrogens with one attached hydrogen (secondary N) is 2. The Labute approximate surface area is 192 Å². The highest BCUT2D eigenvalue weighted by Crippen LogP contribution is 2.44. The van der Waals surface area contributed by atoms with E-state index in [9.17, 15) is 9.50 Å². The van der Waals surface area contributed by atoms with Crippen LogP contribution in [0.3, 0.4) is 0 Å². The van der Waals surface area contributed by atoms with Crippen molar-refractivity contribution in [2.75, 3.05) is 38.2 Å². The van der Waals surface area contributed by atoms with Gasteiger partial charge >= 0.3 is 0 Å². The van der Waals surface area contributed by atoms with Crippen molar-refractivity contribution >= 4 is 11.5 Å². The highest BCUT2D eigenvalue weighted by atomic mass is 19.1. The van der Waals surface area contributed by atoms with Gasteiger partial charge in [-0.1, -0.05) is 6.07 Å². The number of β-amino-alcohol motifs (C(OH)–C–C–N with tert-alkyl or cyclic N) is 1. The lowest BCUT2D eigenvalue weighted by molar-refractivity contribution is 0.0744. The molecule has 174 valence electrons. The highest BCUT2D eigenvalue weighted by molar-refractivity contribution is 5.81. The van der Waals surface area contributed by atoms with Gasteiger partial charge in [0.25, 0.3) is 0 Å². The van der Waals surface area contributed by atoms with Crippen molar-refractivity contribution in [2.45, 2.75) is 32.3 Å². The van der Waals surface area contributed by atoms with Crippen molar-refractivity contribution in [2.24, 2.45) is 0 Å². The Kier molecular flexibility index (Phi) is 6.20. The lowest BCUT2D eigenvalue weighted by Gasteiger charge is -2.20. The van der Waals surface area contributed by atoms with E-state index in [1.165, 1.54) is 25.0 Å². The van der Waals surface area contributed by atoms with Crippen molar-refractivity contribution in [1.29, 1.82) is 0 Å².